The highest BCUT2D eigenvalue weighted by molar-refractivity contribution is 7.89. The molecule has 0 amide bonds. The van der Waals surface area contributed by atoms with Crippen molar-refractivity contribution < 1.29 is 13.5 Å². The average molecular weight is 312 g/mol. The van der Waals surface area contributed by atoms with E-state index in [2.05, 4.69) is 4.72 Å². The molecule has 0 saturated carbocycles. The number of hydrogen-bond donors (Lipinski definition) is 2. The van der Waals surface area contributed by atoms with Gasteiger partial charge in [-0.1, -0.05) is 19.1 Å². The zero-order valence-electron chi connectivity index (χ0n) is 12.8. The molecule has 0 aromatic heterocycles. The molecule has 2 rings (SSSR count). The van der Waals surface area contributed by atoms with Gasteiger partial charge in [-0.05, 0) is 38.3 Å². The van der Waals surface area contributed by atoms with Crippen LogP contribution in [0.15, 0.2) is 29.2 Å². The van der Waals surface area contributed by atoms with Gasteiger partial charge in [-0.15, -0.1) is 0 Å². The number of piperidine rings is 1. The van der Waals surface area contributed by atoms with Crippen LogP contribution in [-0.4, -0.2) is 38.8 Å². The van der Waals surface area contributed by atoms with Gasteiger partial charge in [-0.2, -0.15) is 0 Å². The number of anilines is 1. The number of hydrogen-bond acceptors (Lipinski definition) is 4. The predicted molar refractivity (Wildman–Crippen MR) is 83.9 cm³/mol. The minimum Gasteiger partial charge on any atom is -0.393 e. The number of para-hydroxylation sites is 1. The Bertz CT molecular complexity index is 586. The number of sulfonamides is 1. The van der Waals surface area contributed by atoms with Crippen molar-refractivity contribution in [2.45, 2.75) is 44.2 Å². The van der Waals surface area contributed by atoms with Gasteiger partial charge in [-0.25, -0.2) is 13.1 Å². The molecule has 1 aromatic rings. The maximum atomic E-state index is 12.5. The normalized spacial score (nSPS) is 23.6. The number of benzene rings is 1. The van der Waals surface area contributed by atoms with Crippen LogP contribution < -0.4 is 9.62 Å². The average Bonchev–Trinajstić information content (AvgIpc) is 2.40. The van der Waals surface area contributed by atoms with Gasteiger partial charge in [0.1, 0.15) is 4.90 Å². The first kappa shape index (κ1) is 16.3. The lowest BCUT2D eigenvalue weighted by atomic mass is 9.96. The number of aliphatic hydroxyl groups excluding tert-OH is 1. The second-order valence-corrected chi connectivity index (χ2v) is 7.71. The standard InChI is InChI=1S/C15H24N2O3S/c1-11(2)16-21(19,20)15-7-5-4-6-13(15)17-9-8-14(18)12(3)10-17/h4-7,11-12,14,16,18H,8-10H2,1-3H3. The highest BCUT2D eigenvalue weighted by atomic mass is 32.2. The summed E-state index contributed by atoms with van der Waals surface area (Å²) in [5.74, 6) is 0.132. The van der Waals surface area contributed by atoms with Crippen LogP contribution in [0.2, 0.25) is 0 Å². The van der Waals surface area contributed by atoms with Crippen molar-refractivity contribution in [1.29, 1.82) is 0 Å². The quantitative estimate of drug-likeness (QED) is 0.885. The summed E-state index contributed by atoms with van der Waals surface area (Å²) in [6.07, 6.45) is 0.353. The Labute approximate surface area is 127 Å². The first-order chi connectivity index (χ1) is 9.81. The van der Waals surface area contributed by atoms with Crippen molar-refractivity contribution >= 4 is 15.7 Å². The highest BCUT2D eigenvalue weighted by Gasteiger charge is 2.28. The van der Waals surface area contributed by atoms with Crippen LogP contribution in [0.5, 0.6) is 0 Å². The molecule has 1 aromatic carbocycles. The largest absolute Gasteiger partial charge is 0.393 e. The third-order valence-electron chi connectivity index (χ3n) is 3.75. The molecule has 2 unspecified atom stereocenters. The lowest BCUT2D eigenvalue weighted by molar-refractivity contribution is 0.0969. The van der Waals surface area contributed by atoms with Crippen molar-refractivity contribution in [2.75, 3.05) is 18.0 Å². The fourth-order valence-electron chi connectivity index (χ4n) is 2.67. The molecular formula is C15H24N2O3S. The Morgan fingerprint density at radius 1 is 1.33 bits per heavy atom. The Morgan fingerprint density at radius 2 is 2.00 bits per heavy atom. The van der Waals surface area contributed by atoms with Gasteiger partial charge in [0.2, 0.25) is 10.0 Å². The van der Waals surface area contributed by atoms with Crippen LogP contribution in [0.3, 0.4) is 0 Å². The minimum atomic E-state index is -3.52. The van der Waals surface area contributed by atoms with Gasteiger partial charge in [0.15, 0.2) is 0 Å². The molecule has 0 aliphatic carbocycles. The van der Waals surface area contributed by atoms with E-state index in [1.807, 2.05) is 24.0 Å². The van der Waals surface area contributed by atoms with Crippen LogP contribution in [-0.2, 0) is 10.0 Å². The Balaban J connectivity index is 2.34. The van der Waals surface area contributed by atoms with E-state index in [0.29, 0.717) is 30.1 Å². The fourth-order valence-corrected chi connectivity index (χ4v) is 4.15. The van der Waals surface area contributed by atoms with E-state index in [4.69, 9.17) is 0 Å². The molecule has 0 bridgehead atoms. The topological polar surface area (TPSA) is 69.6 Å². The molecule has 0 spiro atoms. The maximum Gasteiger partial charge on any atom is 0.242 e. The van der Waals surface area contributed by atoms with Crippen LogP contribution in [0.4, 0.5) is 5.69 Å². The number of nitrogens with zero attached hydrogens (tertiary/aromatic N) is 1. The summed E-state index contributed by atoms with van der Waals surface area (Å²) in [4.78, 5) is 2.36. The molecule has 1 heterocycles. The minimum absolute atomic E-state index is 0.132. The molecule has 118 valence electrons. The molecule has 1 fully saturated rings. The Morgan fingerprint density at radius 3 is 2.62 bits per heavy atom. The van der Waals surface area contributed by atoms with E-state index in [0.717, 1.165) is 0 Å². The van der Waals surface area contributed by atoms with E-state index in [9.17, 15) is 13.5 Å². The third-order valence-corrected chi connectivity index (χ3v) is 5.45. The van der Waals surface area contributed by atoms with Crippen LogP contribution >= 0.6 is 0 Å². The van der Waals surface area contributed by atoms with Crippen LogP contribution in [0, 0.1) is 5.92 Å². The first-order valence-electron chi connectivity index (χ1n) is 7.35. The summed E-state index contributed by atoms with van der Waals surface area (Å²) in [5.41, 5.74) is 0.712. The van der Waals surface area contributed by atoms with Crippen molar-refractivity contribution in [2.24, 2.45) is 5.92 Å². The molecule has 5 nitrogen and oxygen atoms in total. The molecule has 1 aliphatic heterocycles. The fraction of sp³-hybridized carbons (Fsp3) is 0.600. The Kier molecular flexibility index (Phi) is 4.91. The lowest BCUT2D eigenvalue weighted by Gasteiger charge is -2.36. The number of aliphatic hydroxyl groups is 1. The molecule has 1 saturated heterocycles. The third kappa shape index (κ3) is 3.75. The summed E-state index contributed by atoms with van der Waals surface area (Å²) >= 11 is 0. The van der Waals surface area contributed by atoms with Gasteiger partial charge < -0.3 is 10.0 Å². The Hall–Kier alpha value is -1.11. The van der Waals surface area contributed by atoms with Gasteiger partial charge >= 0.3 is 0 Å². The van der Waals surface area contributed by atoms with E-state index in [-0.39, 0.29) is 18.1 Å². The van der Waals surface area contributed by atoms with Gasteiger partial charge in [0, 0.05) is 19.1 Å². The zero-order chi connectivity index (χ0) is 15.6. The van der Waals surface area contributed by atoms with Crippen molar-refractivity contribution in [3.8, 4) is 0 Å². The summed E-state index contributed by atoms with van der Waals surface area (Å²) in [6.45, 7) is 6.92. The molecule has 1 aliphatic rings. The van der Waals surface area contributed by atoms with E-state index in [1.54, 1.807) is 26.0 Å². The lowest BCUT2D eigenvalue weighted by Crippen LogP contribution is -2.43. The molecular weight excluding hydrogens is 288 g/mol. The van der Waals surface area contributed by atoms with Crippen LogP contribution in [0.1, 0.15) is 27.2 Å². The smallest absolute Gasteiger partial charge is 0.242 e. The van der Waals surface area contributed by atoms with Crippen molar-refractivity contribution in [3.05, 3.63) is 24.3 Å². The number of rotatable bonds is 4. The van der Waals surface area contributed by atoms with E-state index < -0.39 is 10.0 Å². The molecule has 6 heteroatoms. The van der Waals surface area contributed by atoms with Gasteiger partial charge in [-0.3, -0.25) is 0 Å². The molecule has 2 atom stereocenters. The second-order valence-electron chi connectivity index (χ2n) is 6.02. The maximum absolute atomic E-state index is 12.5. The van der Waals surface area contributed by atoms with Crippen molar-refractivity contribution in [3.63, 3.8) is 0 Å². The van der Waals surface area contributed by atoms with Gasteiger partial charge in [0.25, 0.3) is 0 Å². The number of nitrogens with one attached hydrogen (secondary N) is 1. The highest BCUT2D eigenvalue weighted by Crippen LogP contribution is 2.29. The monoisotopic (exact) mass is 312 g/mol. The molecule has 21 heavy (non-hydrogen) atoms. The first-order valence-corrected chi connectivity index (χ1v) is 8.84. The van der Waals surface area contributed by atoms with E-state index >= 15 is 0 Å². The summed E-state index contributed by atoms with van der Waals surface area (Å²) in [5, 5.41) is 9.83. The summed E-state index contributed by atoms with van der Waals surface area (Å²) in [7, 11) is -3.52. The van der Waals surface area contributed by atoms with Crippen LogP contribution in [0.25, 0.3) is 0 Å². The summed E-state index contributed by atoms with van der Waals surface area (Å²) in [6, 6.07) is 6.90. The van der Waals surface area contributed by atoms with Gasteiger partial charge in [0.05, 0.1) is 11.8 Å². The predicted octanol–water partition coefficient (Wildman–Crippen LogP) is 1.58. The SMILES string of the molecule is CC(C)NS(=O)(=O)c1ccccc1N1CCC(O)C(C)C1. The van der Waals surface area contributed by atoms with E-state index in [1.165, 1.54) is 0 Å². The zero-order valence-corrected chi connectivity index (χ0v) is 13.6. The molecule has 2 N–H and O–H groups in total. The summed E-state index contributed by atoms with van der Waals surface area (Å²) < 4.78 is 27.6. The second kappa shape index (κ2) is 6.34. The molecule has 0 radical (unpaired) electrons. The van der Waals surface area contributed by atoms with Crippen molar-refractivity contribution in [1.82, 2.24) is 4.72 Å².